The predicted molar refractivity (Wildman–Crippen MR) is 43.7 cm³/mol. The Morgan fingerprint density at radius 1 is 0.778 bits per heavy atom. The molecule has 0 aromatic carbocycles. The Morgan fingerprint density at radius 2 is 1.33 bits per heavy atom. The van der Waals surface area contributed by atoms with Crippen molar-refractivity contribution in [3.63, 3.8) is 0 Å². The Balaban J connectivity index is 2.45. The van der Waals surface area contributed by atoms with Crippen molar-refractivity contribution in [2.75, 3.05) is 0 Å². The molecule has 0 saturated carbocycles. The highest BCUT2D eigenvalue weighted by Gasteiger charge is 1.83. The van der Waals surface area contributed by atoms with E-state index in [9.17, 15) is 0 Å². The molecule has 1 rings (SSSR count). The summed E-state index contributed by atoms with van der Waals surface area (Å²) >= 11 is 0. The van der Waals surface area contributed by atoms with Gasteiger partial charge in [0.25, 0.3) is 0 Å². The van der Waals surface area contributed by atoms with E-state index in [1.54, 1.807) is 0 Å². The van der Waals surface area contributed by atoms with Crippen LogP contribution in [0.25, 0.3) is 0 Å². The van der Waals surface area contributed by atoms with Crippen LogP contribution in [0.15, 0.2) is 35.7 Å². The zero-order valence-electron chi connectivity index (χ0n) is 5.17. The molecule has 1 heterocycles. The average Bonchev–Trinajstić information content (AvgIpc) is 2.00. The van der Waals surface area contributed by atoms with Crippen molar-refractivity contribution in [2.24, 2.45) is 0 Å². The van der Waals surface area contributed by atoms with E-state index in [0.29, 0.717) is 0 Å². The Morgan fingerprint density at radius 3 is 1.89 bits per heavy atom. The van der Waals surface area contributed by atoms with Crippen LogP contribution < -0.4 is 0 Å². The maximum absolute atomic E-state index is 2.25. The molecule has 0 N–H and O–H groups in total. The standard InChI is InChI=1S/C7H8Si2/c1-2-4-6-9-7-8-5-3-1/h1-6H,7H2/b2-1-,5-3-,6-4-. The molecule has 44 valence electrons. The minimum atomic E-state index is 1.02. The molecule has 0 saturated heterocycles. The summed E-state index contributed by atoms with van der Waals surface area (Å²) in [5.41, 5.74) is 5.84. The molecule has 4 radical (unpaired) electrons. The maximum Gasteiger partial charge on any atom is 0.0672 e. The summed E-state index contributed by atoms with van der Waals surface area (Å²) < 4.78 is 0. The van der Waals surface area contributed by atoms with Crippen LogP contribution in [0.4, 0.5) is 0 Å². The molecule has 0 aromatic rings. The fourth-order valence-corrected chi connectivity index (χ4v) is 2.46. The summed E-state index contributed by atoms with van der Waals surface area (Å²) in [5, 5.41) is 0. The molecular weight excluding hydrogens is 140 g/mol. The first-order valence-corrected chi connectivity index (χ1v) is 5.52. The number of hydrogen-bond acceptors (Lipinski definition) is 0. The fourth-order valence-electron chi connectivity index (χ4n) is 0.552. The van der Waals surface area contributed by atoms with Crippen LogP contribution in [-0.2, 0) is 0 Å². The third kappa shape index (κ3) is 3.27. The maximum atomic E-state index is 2.25. The zero-order chi connectivity index (χ0) is 6.36. The van der Waals surface area contributed by atoms with Crippen LogP contribution >= 0.6 is 0 Å². The number of allylic oxidation sites excluding steroid dienone is 4. The monoisotopic (exact) mass is 148 g/mol. The molecule has 1 aliphatic rings. The molecule has 1 aliphatic heterocycles. The number of hydrogen-bond donors (Lipinski definition) is 0. The summed E-state index contributed by atoms with van der Waals surface area (Å²) in [4.78, 5) is 0. The van der Waals surface area contributed by atoms with Crippen LogP contribution in [0.1, 0.15) is 0 Å². The molecule has 0 aliphatic carbocycles. The lowest BCUT2D eigenvalue weighted by Gasteiger charge is -1.82. The summed E-state index contributed by atoms with van der Waals surface area (Å²) in [6, 6.07) is 0. The lowest BCUT2D eigenvalue weighted by atomic mass is 10.5. The predicted octanol–water partition coefficient (Wildman–Crippen LogP) is 1.37. The van der Waals surface area contributed by atoms with Crippen molar-refractivity contribution in [2.45, 2.75) is 5.67 Å². The van der Waals surface area contributed by atoms with Crippen molar-refractivity contribution < 1.29 is 0 Å². The molecule has 0 aromatic heterocycles. The average molecular weight is 148 g/mol. The van der Waals surface area contributed by atoms with Crippen LogP contribution in [0, 0.1) is 0 Å². The van der Waals surface area contributed by atoms with E-state index >= 15 is 0 Å². The Labute approximate surface area is 61.0 Å². The van der Waals surface area contributed by atoms with Gasteiger partial charge in [0.05, 0.1) is 19.0 Å². The van der Waals surface area contributed by atoms with Crippen LogP contribution in [0.5, 0.6) is 0 Å². The van der Waals surface area contributed by atoms with E-state index in [1.807, 2.05) is 0 Å². The van der Waals surface area contributed by atoms with Gasteiger partial charge in [-0.05, 0) is 0 Å². The summed E-state index contributed by atoms with van der Waals surface area (Å²) in [5.74, 6) is 0. The van der Waals surface area contributed by atoms with E-state index in [0.717, 1.165) is 19.0 Å². The normalized spacial score (nSPS) is 29.3. The highest BCUT2D eigenvalue weighted by atomic mass is 28.3. The largest absolute Gasteiger partial charge is 0.0991 e. The molecule has 0 amide bonds. The fraction of sp³-hybridized carbons (Fsp3) is 0.143. The molecule has 0 atom stereocenters. The second-order valence-corrected chi connectivity index (χ2v) is 4.59. The van der Waals surface area contributed by atoms with Crippen LogP contribution in [-0.4, -0.2) is 19.0 Å². The lowest BCUT2D eigenvalue weighted by molar-refractivity contribution is 1.95. The summed E-state index contributed by atoms with van der Waals surface area (Å²) in [7, 11) is 2.03. The molecule has 2 heteroatoms. The lowest BCUT2D eigenvalue weighted by Crippen LogP contribution is -1.90. The van der Waals surface area contributed by atoms with E-state index in [-0.39, 0.29) is 0 Å². The summed E-state index contributed by atoms with van der Waals surface area (Å²) in [6.07, 6.45) is 8.41. The minimum absolute atomic E-state index is 1.02. The minimum Gasteiger partial charge on any atom is -0.0991 e. The quantitative estimate of drug-likeness (QED) is 0.455. The molecule has 0 spiro atoms. The molecule has 0 bridgehead atoms. The molecule has 9 heavy (non-hydrogen) atoms. The summed E-state index contributed by atoms with van der Waals surface area (Å²) in [6.45, 7) is 0. The van der Waals surface area contributed by atoms with Gasteiger partial charge in [0.15, 0.2) is 0 Å². The highest BCUT2D eigenvalue weighted by molar-refractivity contribution is 6.61. The number of rotatable bonds is 0. The van der Waals surface area contributed by atoms with Crippen molar-refractivity contribution in [1.29, 1.82) is 0 Å². The molecule has 0 fully saturated rings. The molecule has 0 nitrogen and oxygen atoms in total. The highest BCUT2D eigenvalue weighted by Crippen LogP contribution is 1.86. The van der Waals surface area contributed by atoms with Crippen molar-refractivity contribution in [1.82, 2.24) is 0 Å². The van der Waals surface area contributed by atoms with Gasteiger partial charge in [-0.2, -0.15) is 0 Å². The van der Waals surface area contributed by atoms with Crippen molar-refractivity contribution in [3.8, 4) is 0 Å². The smallest absolute Gasteiger partial charge is 0.0672 e. The van der Waals surface area contributed by atoms with Gasteiger partial charge >= 0.3 is 0 Å². The van der Waals surface area contributed by atoms with Crippen LogP contribution in [0.3, 0.4) is 0 Å². The van der Waals surface area contributed by atoms with Gasteiger partial charge < -0.3 is 0 Å². The molecular formula is C7H8Si2. The van der Waals surface area contributed by atoms with E-state index in [1.165, 1.54) is 5.67 Å². The Bertz CT molecular complexity index is 129. The Hall–Kier alpha value is -0.346. The SMILES string of the molecule is C1=C\C=C/[Si]C[Si]\C=C/1. The first kappa shape index (κ1) is 6.77. The molecule has 0 unspecified atom stereocenters. The van der Waals surface area contributed by atoms with Gasteiger partial charge in [0.1, 0.15) is 0 Å². The Kier molecular flexibility index (Phi) is 3.40. The van der Waals surface area contributed by atoms with Gasteiger partial charge in [0.2, 0.25) is 0 Å². The van der Waals surface area contributed by atoms with Crippen molar-refractivity contribution >= 4 is 19.0 Å². The van der Waals surface area contributed by atoms with Gasteiger partial charge in [-0.15, -0.1) is 0 Å². The second kappa shape index (κ2) is 4.52. The first-order chi connectivity index (χ1) is 4.50. The van der Waals surface area contributed by atoms with E-state index in [4.69, 9.17) is 0 Å². The van der Waals surface area contributed by atoms with Crippen molar-refractivity contribution in [3.05, 3.63) is 35.7 Å². The topological polar surface area (TPSA) is 0 Å². The van der Waals surface area contributed by atoms with Gasteiger partial charge in [-0.25, -0.2) is 0 Å². The first-order valence-electron chi connectivity index (χ1n) is 2.95. The van der Waals surface area contributed by atoms with Gasteiger partial charge in [-0.1, -0.05) is 41.4 Å². The van der Waals surface area contributed by atoms with Crippen LogP contribution in [0.2, 0.25) is 5.67 Å². The van der Waals surface area contributed by atoms with Gasteiger partial charge in [0, 0.05) is 0 Å². The zero-order valence-corrected chi connectivity index (χ0v) is 7.17. The third-order valence-electron chi connectivity index (χ3n) is 0.966. The third-order valence-corrected chi connectivity index (χ3v) is 3.45. The van der Waals surface area contributed by atoms with E-state index < -0.39 is 0 Å². The second-order valence-electron chi connectivity index (χ2n) is 1.69. The van der Waals surface area contributed by atoms with Gasteiger partial charge in [-0.3, -0.25) is 0 Å². The van der Waals surface area contributed by atoms with E-state index in [2.05, 4.69) is 35.7 Å².